The normalized spacial score (nSPS) is 39.2. The van der Waals surface area contributed by atoms with Crippen LogP contribution in [-0.2, 0) is 0 Å². The van der Waals surface area contributed by atoms with Crippen LogP contribution in [0, 0.1) is 11.8 Å². The van der Waals surface area contributed by atoms with Crippen LogP contribution in [0.15, 0.2) is 4.99 Å². The summed E-state index contributed by atoms with van der Waals surface area (Å²) < 4.78 is 0. The molecule has 2 rings (SSSR count). The highest BCUT2D eigenvalue weighted by Gasteiger charge is 2.25. The van der Waals surface area contributed by atoms with Crippen molar-refractivity contribution >= 4 is 6.21 Å². The van der Waals surface area contributed by atoms with E-state index < -0.39 is 0 Å². The third-order valence-electron chi connectivity index (χ3n) is 2.94. The number of rotatable bonds is 0. The van der Waals surface area contributed by atoms with Gasteiger partial charge in [-0.2, -0.15) is 0 Å². The van der Waals surface area contributed by atoms with E-state index >= 15 is 0 Å². The van der Waals surface area contributed by atoms with Crippen LogP contribution in [0.5, 0.6) is 0 Å². The Bertz CT molecular complexity index is 124. The molecular weight excluding hydrogens is 122 g/mol. The minimum absolute atomic E-state index is 0.957. The highest BCUT2D eigenvalue weighted by molar-refractivity contribution is 5.58. The molecular formula is C9H15N. The van der Waals surface area contributed by atoms with E-state index in [1.807, 2.05) is 0 Å². The fourth-order valence-electron chi connectivity index (χ4n) is 2.25. The van der Waals surface area contributed by atoms with Crippen LogP contribution in [0.4, 0.5) is 0 Å². The standard InChI is InChI=1S/C9H15N/c1-2-4-9-7-10-6-5-8(9)3-1/h6,8-9H,1-5,7H2. The Morgan fingerprint density at radius 2 is 1.90 bits per heavy atom. The summed E-state index contributed by atoms with van der Waals surface area (Å²) in [7, 11) is 0. The minimum atomic E-state index is 0.957. The minimum Gasteiger partial charge on any atom is -0.297 e. The molecule has 1 heteroatoms. The first kappa shape index (κ1) is 6.38. The molecule has 0 aromatic heterocycles. The van der Waals surface area contributed by atoms with Gasteiger partial charge in [0.1, 0.15) is 0 Å². The van der Waals surface area contributed by atoms with Crippen molar-refractivity contribution in [2.45, 2.75) is 32.1 Å². The zero-order valence-corrected chi connectivity index (χ0v) is 6.42. The Balaban J connectivity index is 2.01. The summed E-state index contributed by atoms with van der Waals surface area (Å²) in [5.74, 6) is 1.96. The third-order valence-corrected chi connectivity index (χ3v) is 2.94. The lowest BCUT2D eigenvalue weighted by atomic mass is 9.77. The maximum atomic E-state index is 4.34. The molecule has 10 heavy (non-hydrogen) atoms. The predicted octanol–water partition coefficient (Wildman–Crippen LogP) is 2.27. The van der Waals surface area contributed by atoms with Gasteiger partial charge in [-0.1, -0.05) is 12.8 Å². The highest BCUT2D eigenvalue weighted by atomic mass is 14.7. The highest BCUT2D eigenvalue weighted by Crippen LogP contribution is 2.33. The van der Waals surface area contributed by atoms with Gasteiger partial charge in [-0.25, -0.2) is 0 Å². The van der Waals surface area contributed by atoms with Gasteiger partial charge in [0.25, 0.3) is 0 Å². The number of hydrogen-bond donors (Lipinski definition) is 0. The van der Waals surface area contributed by atoms with Crippen molar-refractivity contribution in [2.75, 3.05) is 6.54 Å². The average Bonchev–Trinajstić information content (AvgIpc) is 2.05. The van der Waals surface area contributed by atoms with E-state index in [1.54, 1.807) is 0 Å². The third kappa shape index (κ3) is 1.09. The van der Waals surface area contributed by atoms with Crippen LogP contribution in [0.3, 0.4) is 0 Å². The van der Waals surface area contributed by atoms with E-state index in [-0.39, 0.29) is 0 Å². The van der Waals surface area contributed by atoms with E-state index in [9.17, 15) is 0 Å². The molecule has 0 amide bonds. The summed E-state index contributed by atoms with van der Waals surface area (Å²) in [6.07, 6.45) is 9.24. The van der Waals surface area contributed by atoms with E-state index in [4.69, 9.17) is 0 Å². The summed E-state index contributed by atoms with van der Waals surface area (Å²) in [4.78, 5) is 4.34. The second-order valence-electron chi connectivity index (χ2n) is 3.59. The van der Waals surface area contributed by atoms with Crippen LogP contribution in [0.25, 0.3) is 0 Å². The largest absolute Gasteiger partial charge is 0.297 e. The smallest absolute Gasteiger partial charge is 0.0416 e. The SMILES string of the molecule is C1=NCC2CCCCC2C1. The van der Waals surface area contributed by atoms with Gasteiger partial charge in [-0.15, -0.1) is 0 Å². The molecule has 2 atom stereocenters. The zero-order chi connectivity index (χ0) is 6.81. The monoisotopic (exact) mass is 137 g/mol. The number of nitrogens with zero attached hydrogens (tertiary/aromatic N) is 1. The van der Waals surface area contributed by atoms with Gasteiger partial charge in [-0.05, 0) is 37.3 Å². The van der Waals surface area contributed by atoms with Crippen LogP contribution >= 0.6 is 0 Å². The van der Waals surface area contributed by atoms with Crippen molar-refractivity contribution in [1.82, 2.24) is 0 Å². The molecule has 2 aliphatic rings. The Hall–Kier alpha value is -0.330. The van der Waals surface area contributed by atoms with Crippen molar-refractivity contribution in [3.63, 3.8) is 0 Å². The second kappa shape index (κ2) is 2.73. The van der Waals surface area contributed by atoms with Gasteiger partial charge in [0.15, 0.2) is 0 Å². The molecule has 1 nitrogen and oxygen atoms in total. The van der Waals surface area contributed by atoms with E-state index in [2.05, 4.69) is 11.2 Å². The molecule has 56 valence electrons. The lowest BCUT2D eigenvalue weighted by Gasteiger charge is -2.31. The molecule has 1 fully saturated rings. The molecule has 0 aromatic carbocycles. The maximum absolute atomic E-state index is 4.34. The summed E-state index contributed by atoms with van der Waals surface area (Å²) >= 11 is 0. The van der Waals surface area contributed by atoms with Gasteiger partial charge in [0, 0.05) is 6.54 Å². The van der Waals surface area contributed by atoms with Gasteiger partial charge in [0.2, 0.25) is 0 Å². The topological polar surface area (TPSA) is 12.4 Å². The molecule has 1 saturated carbocycles. The Morgan fingerprint density at radius 3 is 2.70 bits per heavy atom. The van der Waals surface area contributed by atoms with E-state index in [0.717, 1.165) is 18.4 Å². The second-order valence-corrected chi connectivity index (χ2v) is 3.59. The van der Waals surface area contributed by atoms with E-state index in [0.29, 0.717) is 0 Å². The summed E-state index contributed by atoms with van der Waals surface area (Å²) in [6, 6.07) is 0. The molecule has 1 heterocycles. The van der Waals surface area contributed by atoms with Crippen molar-refractivity contribution in [3.05, 3.63) is 0 Å². The molecule has 0 aromatic rings. The van der Waals surface area contributed by atoms with Gasteiger partial charge in [0.05, 0.1) is 0 Å². The van der Waals surface area contributed by atoms with Crippen molar-refractivity contribution < 1.29 is 0 Å². The molecule has 2 unspecified atom stereocenters. The zero-order valence-electron chi connectivity index (χ0n) is 6.42. The van der Waals surface area contributed by atoms with Crippen molar-refractivity contribution in [2.24, 2.45) is 16.8 Å². The van der Waals surface area contributed by atoms with Crippen molar-refractivity contribution in [3.8, 4) is 0 Å². The van der Waals surface area contributed by atoms with Gasteiger partial charge < -0.3 is 0 Å². The maximum Gasteiger partial charge on any atom is 0.0416 e. The lowest BCUT2D eigenvalue weighted by Crippen LogP contribution is -2.25. The average molecular weight is 137 g/mol. The van der Waals surface area contributed by atoms with Crippen LogP contribution in [0.1, 0.15) is 32.1 Å². The molecule has 0 N–H and O–H groups in total. The Morgan fingerprint density at radius 1 is 1.10 bits per heavy atom. The number of fused-ring (bicyclic) bond motifs is 1. The quantitative estimate of drug-likeness (QED) is 0.485. The first-order valence-electron chi connectivity index (χ1n) is 4.45. The fraction of sp³-hybridized carbons (Fsp3) is 0.889. The first-order valence-corrected chi connectivity index (χ1v) is 4.45. The Labute approximate surface area is 62.5 Å². The van der Waals surface area contributed by atoms with Crippen molar-refractivity contribution in [1.29, 1.82) is 0 Å². The summed E-state index contributed by atoms with van der Waals surface area (Å²) in [5.41, 5.74) is 0. The summed E-state index contributed by atoms with van der Waals surface area (Å²) in [5, 5.41) is 0. The van der Waals surface area contributed by atoms with Crippen LogP contribution in [0.2, 0.25) is 0 Å². The summed E-state index contributed by atoms with van der Waals surface area (Å²) in [6.45, 7) is 1.13. The molecule has 1 aliphatic heterocycles. The number of aliphatic imine (C=N–C) groups is 1. The van der Waals surface area contributed by atoms with Gasteiger partial charge >= 0.3 is 0 Å². The first-order chi connectivity index (χ1) is 4.97. The van der Waals surface area contributed by atoms with Crippen LogP contribution < -0.4 is 0 Å². The molecule has 0 saturated heterocycles. The Kier molecular flexibility index (Phi) is 1.74. The lowest BCUT2D eigenvalue weighted by molar-refractivity contribution is 0.244. The number of hydrogen-bond acceptors (Lipinski definition) is 1. The van der Waals surface area contributed by atoms with Crippen LogP contribution in [-0.4, -0.2) is 12.8 Å². The molecule has 1 aliphatic carbocycles. The molecule has 0 bridgehead atoms. The van der Waals surface area contributed by atoms with Gasteiger partial charge in [-0.3, -0.25) is 4.99 Å². The van der Waals surface area contributed by atoms with E-state index in [1.165, 1.54) is 32.1 Å². The predicted molar refractivity (Wildman–Crippen MR) is 43.4 cm³/mol. The fourth-order valence-corrected chi connectivity index (χ4v) is 2.25. The molecule has 0 radical (unpaired) electrons. The molecule has 0 spiro atoms.